The summed E-state index contributed by atoms with van der Waals surface area (Å²) in [5.74, 6) is -19.1. The maximum absolute atomic E-state index is 16.5. The van der Waals surface area contributed by atoms with Gasteiger partial charge >= 0.3 is 12.1 Å². The molecule has 2 fully saturated rings. The Bertz CT molecular complexity index is 5600. The monoisotopic (exact) mass is 1960 g/mol. The number of aliphatic carboxylic acids is 1. The molecule has 1 saturated heterocycles. The molecule has 7 aliphatic rings. The number of alkyl halides is 3. The summed E-state index contributed by atoms with van der Waals surface area (Å²) in [6.45, 7) is 4.24. The molecule has 7 aromatic rings. The van der Waals surface area contributed by atoms with Crippen LogP contribution in [0.1, 0.15) is 141 Å². The van der Waals surface area contributed by atoms with E-state index in [2.05, 4.69) is 53.2 Å². The number of halogens is 5. The lowest BCUT2D eigenvalue weighted by Gasteiger charge is -2.50. The number of aliphatic hydroxyl groups excluding tert-OH is 11. The molecule has 3 unspecified atom stereocenters. The summed E-state index contributed by atoms with van der Waals surface area (Å²) in [5.41, 5.74) is 1.58. The van der Waals surface area contributed by atoms with Crippen LogP contribution in [0, 0.1) is 11.8 Å². The average Bonchev–Trinajstić information content (AvgIpc) is 0.818. The summed E-state index contributed by atoms with van der Waals surface area (Å²) in [7, 11) is 1.45. The fraction of sp³-hybridized carbons (Fsp3) is 0.446. The van der Waals surface area contributed by atoms with Gasteiger partial charge in [-0.25, -0.2) is 4.79 Å². The zero-order valence-corrected chi connectivity index (χ0v) is 75.6. The molecular weight excluding hydrogens is 1850 g/mol. The topological polar surface area (TPSA) is 650 Å². The van der Waals surface area contributed by atoms with Gasteiger partial charge in [0.2, 0.25) is 53.4 Å². The smallest absolute Gasteiger partial charge is 0.416 e. The van der Waals surface area contributed by atoms with Gasteiger partial charge in [-0.2, -0.15) is 13.2 Å². The number of hydrogen-bond donors (Lipinski definition) is 26. The lowest BCUT2D eigenvalue weighted by molar-refractivity contribution is -0.299. The Morgan fingerprint density at radius 3 is 1.86 bits per heavy atom. The number of aromatic hydroxyl groups is 3. The number of carboxylic acid groups (broad SMARTS) is 1. The Kier molecular flexibility index (Phi) is 33.8. The molecule has 22 atom stereocenters. The predicted octanol–water partition coefficient (Wildman–Crippen LogP) is 1.71. The molecule has 7 aromatic carbocycles. The third kappa shape index (κ3) is 23.7. The second kappa shape index (κ2) is 44.4. The molecule has 137 heavy (non-hydrogen) atoms. The van der Waals surface area contributed by atoms with Crippen molar-refractivity contribution in [3.05, 3.63) is 176 Å². The van der Waals surface area contributed by atoms with E-state index in [4.69, 9.17) is 52.6 Å². The van der Waals surface area contributed by atoms with E-state index in [0.717, 1.165) is 72.8 Å². The number of likely N-dealkylation sites (N-methyl/N-ethyl adjacent to an activating group) is 1. The molecule has 6 aliphatic heterocycles. The first-order chi connectivity index (χ1) is 64.9. The molecule has 11 bridgehead atoms. The first kappa shape index (κ1) is 104. The van der Waals surface area contributed by atoms with Crippen LogP contribution in [0.4, 0.5) is 13.2 Å². The molecule has 40 nitrogen and oxygen atoms in total. The van der Waals surface area contributed by atoms with Crippen LogP contribution in [-0.2, 0) is 71.9 Å². The minimum Gasteiger partial charge on any atom is -0.507 e. The Morgan fingerprint density at radius 1 is 0.672 bits per heavy atom. The molecule has 0 radical (unpaired) electrons. The van der Waals surface area contributed by atoms with Crippen molar-refractivity contribution in [3.8, 4) is 68.2 Å². The van der Waals surface area contributed by atoms with Crippen molar-refractivity contribution in [1.29, 1.82) is 0 Å². The summed E-state index contributed by atoms with van der Waals surface area (Å²) < 4.78 is 74.2. The van der Waals surface area contributed by atoms with Crippen molar-refractivity contribution in [1.82, 2.24) is 53.2 Å². The number of benzene rings is 7. The van der Waals surface area contributed by atoms with Gasteiger partial charge in [-0.15, -0.1) is 0 Å². The molecule has 14 rings (SSSR count). The summed E-state index contributed by atoms with van der Waals surface area (Å²) >= 11 is 14.4. The van der Waals surface area contributed by atoms with Crippen LogP contribution in [0.3, 0.4) is 0 Å². The van der Waals surface area contributed by atoms with Crippen LogP contribution in [0.25, 0.3) is 22.3 Å². The quantitative estimate of drug-likeness (QED) is 0.0297. The molecule has 6 heterocycles. The second-order valence-electron chi connectivity index (χ2n) is 34.7. The maximum Gasteiger partial charge on any atom is 0.416 e. The van der Waals surface area contributed by atoms with E-state index in [0.29, 0.717) is 16.7 Å². The number of nitrogens with one attached hydrogen (secondary N) is 10. The third-order valence-corrected chi connectivity index (χ3v) is 25.4. The SMILES string of the molecule is CCC1(NCc2ccc(-c3ccc(C(F)(F)F)cc3)cc2)C[C@H](O[C@@H]2C(O)C(O)[C@@H](CO)O[C@H]2Oc2c3cc4cc2Oc2ccc(cc2Cl)[C@@H](O)[C@@H](NC(=O)[C@@H](CC(C)C)NC)C(=O)N[C@@H](CC(N)=O)C(=O)N[C@H]4C(=O)N[C@H]2C(=O)N[C@H](C(=O)N[C@H](C(=O)O)c4cc(O)c(CNCCCNC(=O)[C@H](O)[C@@H](O)[C@H](O)[C@H](O)CO)c(O)c4-c4cc2ccc4O)[C@H](O)c2ccc(c(Cl)c2)O3)C[C@@H](C)[C@H]1O. The highest BCUT2D eigenvalue weighted by Crippen LogP contribution is 2.52. The minimum atomic E-state index is -4.56. The number of aliphatic hydroxyl groups is 11. The number of primary amides is 1. The Labute approximate surface area is 790 Å². The summed E-state index contributed by atoms with van der Waals surface area (Å²) in [5, 5.41) is 195. The van der Waals surface area contributed by atoms with E-state index >= 15 is 24.0 Å². The second-order valence-corrected chi connectivity index (χ2v) is 35.5. The molecule has 0 spiro atoms. The van der Waals surface area contributed by atoms with Crippen LogP contribution < -0.4 is 73.1 Å². The molecule has 1 aliphatic carbocycles. The van der Waals surface area contributed by atoms with Crippen LogP contribution >= 0.6 is 23.2 Å². The molecule has 8 amide bonds. The third-order valence-electron chi connectivity index (χ3n) is 24.8. The van der Waals surface area contributed by atoms with E-state index in [1.807, 2.05) is 0 Å². The first-order valence-corrected chi connectivity index (χ1v) is 44.5. The van der Waals surface area contributed by atoms with E-state index in [9.17, 15) is 109 Å². The fourth-order valence-corrected chi connectivity index (χ4v) is 17.6. The average molecular weight is 1960 g/mol. The number of rotatable bonds is 29. The number of hydrogen-bond acceptors (Lipinski definition) is 31. The highest BCUT2D eigenvalue weighted by molar-refractivity contribution is 6.32. The zero-order valence-electron chi connectivity index (χ0n) is 74.1. The Morgan fingerprint density at radius 2 is 1.28 bits per heavy atom. The number of carbonyl (C=O) groups is 9. The number of ether oxygens (including phenoxy) is 5. The Hall–Kier alpha value is -11.7. The number of phenols is 3. The molecular formula is C92H108Cl2F3N11O29. The van der Waals surface area contributed by atoms with Gasteiger partial charge in [0.1, 0.15) is 114 Å². The summed E-state index contributed by atoms with van der Waals surface area (Å²) in [6, 6.07) is 8.86. The molecule has 27 N–H and O–H groups in total. The van der Waals surface area contributed by atoms with Gasteiger partial charge in [-0.3, -0.25) is 38.4 Å². The van der Waals surface area contributed by atoms with Gasteiger partial charge in [-0.05, 0) is 163 Å². The van der Waals surface area contributed by atoms with Crippen molar-refractivity contribution in [2.75, 3.05) is 33.4 Å². The molecule has 45 heteroatoms. The molecule has 1 saturated carbocycles. The van der Waals surface area contributed by atoms with E-state index in [1.54, 1.807) is 52.0 Å². The largest absolute Gasteiger partial charge is 0.507 e. The van der Waals surface area contributed by atoms with Gasteiger partial charge in [0, 0.05) is 41.9 Å². The summed E-state index contributed by atoms with van der Waals surface area (Å²) in [4.78, 5) is 133. The van der Waals surface area contributed by atoms with Gasteiger partial charge in [0.25, 0.3) is 5.91 Å². The van der Waals surface area contributed by atoms with Crippen molar-refractivity contribution >= 4 is 76.4 Å². The maximum atomic E-state index is 16.5. The van der Waals surface area contributed by atoms with Crippen molar-refractivity contribution < 1.29 is 157 Å². The van der Waals surface area contributed by atoms with E-state index in [-0.39, 0.29) is 68.8 Å². The molecule has 0 aromatic heterocycles. The van der Waals surface area contributed by atoms with Crippen LogP contribution in [0.5, 0.6) is 46.0 Å². The van der Waals surface area contributed by atoms with E-state index in [1.165, 1.54) is 31.3 Å². The van der Waals surface area contributed by atoms with Crippen LogP contribution in [0.2, 0.25) is 10.0 Å². The normalized spacial score (nSPS) is 25.8. The highest BCUT2D eigenvalue weighted by atomic mass is 35.5. The molecule has 740 valence electrons. The number of carbonyl (C=O) groups excluding carboxylic acids is 8. The van der Waals surface area contributed by atoms with Crippen LogP contribution in [-0.4, -0.2) is 260 Å². The zero-order chi connectivity index (χ0) is 99.8. The van der Waals surface area contributed by atoms with Gasteiger partial charge in [0.15, 0.2) is 23.6 Å². The number of nitrogens with two attached hydrogens (primary N) is 1. The number of phenolic OH excluding ortho intramolecular Hbond substituents is 3. The van der Waals surface area contributed by atoms with Crippen molar-refractivity contribution in [3.63, 3.8) is 0 Å². The van der Waals surface area contributed by atoms with E-state index < -0.39 is 314 Å². The Balaban J connectivity index is 1.00. The predicted molar refractivity (Wildman–Crippen MR) is 477 cm³/mol. The standard InChI is InChI=1S/C92H108Cl2F3N11O29/c1-6-91(102-34-40-8-10-41(11-9-40)42-12-17-47(18-13-42)92(95,96)97)33-48(25-39(4)81(91)123)133-80-77(121)75(119)63(37-110)136-90(80)137-79-61-29-46-30-62(79)135-60-21-16-45(28-53(60)94)72(116)70-87(129)106-68(89(131)132)50-31-57(112)51(35-100-22-7-23-101-88(130)78(122)76(120)74(118)58(113)36-109)73(117)65(50)49-26-43(14-19-56(49)111)66(84(126)108-70)105-85(127)67(46)104-83(125)55(32-64(98)114)103-86(128)69(107-82(124)54(99-5)24-38(2)3)71(115)44-15-20-59(134-61)52(93)27-44/h8-21,26-31,38-39,48,54-55,58,63,66-72,74-78,80-81,90,99-100,102,109-113,115-123H,6-7,22-25,32-37H2,1-5H3,(H2,98,114)(H,101,130)(H,103,128)(H,104,125)(H,105,127)(H,106,129)(H,107,124)(H,108,126)(H,131,132)/t39-,48-,54-,55+,58-,63-,66-,67-,68+,69-,70+,71-,72-,74-,75?,76+,77?,78-,80-,81-,90+,91?/m1/s1. The highest BCUT2D eigenvalue weighted by Gasteiger charge is 2.53. The number of amides is 8. The first-order valence-electron chi connectivity index (χ1n) is 43.7. The number of fused-ring (bicyclic) bond motifs is 15. The number of carboxylic acids is 1. The fourth-order valence-electron chi connectivity index (χ4n) is 17.2. The summed E-state index contributed by atoms with van der Waals surface area (Å²) in [6.07, 6.45) is -30.3. The lowest BCUT2D eigenvalue weighted by Crippen LogP contribution is -2.64. The van der Waals surface area contributed by atoms with Crippen LogP contribution in [0.15, 0.2) is 121 Å². The lowest BCUT2D eigenvalue weighted by atomic mass is 9.70. The van der Waals surface area contributed by atoms with Crippen molar-refractivity contribution in [2.45, 2.75) is 213 Å². The van der Waals surface area contributed by atoms with Gasteiger partial charge in [0.05, 0.1) is 59.1 Å². The van der Waals surface area contributed by atoms with Crippen molar-refractivity contribution in [2.24, 2.45) is 17.6 Å². The van der Waals surface area contributed by atoms with Gasteiger partial charge < -0.3 is 159 Å². The minimum absolute atomic E-state index is 0.0278. The van der Waals surface area contributed by atoms with Gasteiger partial charge in [-0.1, -0.05) is 105 Å².